The standard InChI is InChI=1S/C29H25F4NO2/c1-17-13-23(15-21-11-12-36-27(17)21)19-7-5-18(6-8-19)20-3-2-4-22(14-20)28(35)34-26-10-9-24(16-25(26)30)29(31,32)33/h5-13,15-16,20,22H,2-4,14H2,1H3,(H,34,35). The Kier molecular flexibility index (Phi) is 6.33. The van der Waals surface area contributed by atoms with Crippen molar-refractivity contribution in [3.8, 4) is 11.1 Å². The van der Waals surface area contributed by atoms with Crippen molar-refractivity contribution < 1.29 is 26.8 Å². The van der Waals surface area contributed by atoms with Crippen LogP contribution in [0.15, 0.2) is 71.3 Å². The highest BCUT2D eigenvalue weighted by Crippen LogP contribution is 2.38. The van der Waals surface area contributed by atoms with E-state index in [-0.39, 0.29) is 23.4 Å². The molecule has 7 heteroatoms. The summed E-state index contributed by atoms with van der Waals surface area (Å²) in [5, 5.41) is 3.55. The molecule has 3 nitrogen and oxygen atoms in total. The van der Waals surface area contributed by atoms with Crippen molar-refractivity contribution in [2.24, 2.45) is 5.92 Å². The van der Waals surface area contributed by atoms with Gasteiger partial charge in [-0.05, 0) is 90.8 Å². The van der Waals surface area contributed by atoms with Crippen LogP contribution >= 0.6 is 0 Å². The summed E-state index contributed by atoms with van der Waals surface area (Å²) in [7, 11) is 0. The summed E-state index contributed by atoms with van der Waals surface area (Å²) in [6.45, 7) is 2.02. The number of benzene rings is 3. The number of furan rings is 1. The normalized spacial score (nSPS) is 18.4. The molecule has 0 radical (unpaired) electrons. The highest BCUT2D eigenvalue weighted by Gasteiger charge is 2.32. The number of fused-ring (bicyclic) bond motifs is 1. The summed E-state index contributed by atoms with van der Waals surface area (Å²) >= 11 is 0. The molecular weight excluding hydrogens is 470 g/mol. The summed E-state index contributed by atoms with van der Waals surface area (Å²) in [5.41, 5.74) is 3.97. The van der Waals surface area contributed by atoms with E-state index in [1.807, 2.05) is 13.0 Å². The number of carbonyl (C=O) groups excluding carboxylic acids is 1. The largest absolute Gasteiger partial charge is 0.464 e. The van der Waals surface area contributed by atoms with Crippen LogP contribution in [0.25, 0.3) is 22.1 Å². The topological polar surface area (TPSA) is 42.2 Å². The number of nitrogens with one attached hydrogen (secondary N) is 1. The van der Waals surface area contributed by atoms with Crippen LogP contribution in [0.2, 0.25) is 0 Å². The minimum atomic E-state index is -4.64. The lowest BCUT2D eigenvalue weighted by atomic mass is 9.77. The van der Waals surface area contributed by atoms with Crippen LogP contribution < -0.4 is 5.32 Å². The number of hydrogen-bond acceptors (Lipinski definition) is 2. The van der Waals surface area contributed by atoms with E-state index in [4.69, 9.17) is 4.42 Å². The molecule has 1 saturated carbocycles. The van der Waals surface area contributed by atoms with E-state index in [2.05, 4.69) is 41.7 Å². The molecule has 4 aromatic rings. The average Bonchev–Trinajstić information content (AvgIpc) is 3.34. The van der Waals surface area contributed by atoms with Gasteiger partial charge in [0.25, 0.3) is 0 Å². The molecule has 1 N–H and O–H groups in total. The first-order valence-corrected chi connectivity index (χ1v) is 11.9. The number of amides is 1. The van der Waals surface area contributed by atoms with Gasteiger partial charge in [0.2, 0.25) is 5.91 Å². The monoisotopic (exact) mass is 495 g/mol. The van der Waals surface area contributed by atoms with E-state index < -0.39 is 17.6 Å². The van der Waals surface area contributed by atoms with E-state index in [1.54, 1.807) is 6.26 Å². The molecule has 1 heterocycles. The number of halogens is 4. The maximum absolute atomic E-state index is 14.2. The quantitative estimate of drug-likeness (QED) is 0.289. The molecule has 2 atom stereocenters. The summed E-state index contributed by atoms with van der Waals surface area (Å²) in [6.07, 6.45) is 0.0981. The summed E-state index contributed by atoms with van der Waals surface area (Å²) < 4.78 is 58.1. The molecule has 0 spiro atoms. The van der Waals surface area contributed by atoms with Gasteiger partial charge < -0.3 is 9.73 Å². The van der Waals surface area contributed by atoms with E-state index in [0.29, 0.717) is 18.9 Å². The van der Waals surface area contributed by atoms with Gasteiger partial charge in [-0.1, -0.05) is 30.7 Å². The molecule has 186 valence electrons. The number of alkyl halides is 3. The van der Waals surface area contributed by atoms with Crippen LogP contribution in [0.5, 0.6) is 0 Å². The Bertz CT molecular complexity index is 1410. The molecule has 1 amide bonds. The van der Waals surface area contributed by atoms with Crippen LogP contribution in [0.3, 0.4) is 0 Å². The van der Waals surface area contributed by atoms with Crippen LogP contribution in [-0.4, -0.2) is 5.91 Å². The molecule has 0 aliphatic heterocycles. The summed E-state index contributed by atoms with van der Waals surface area (Å²) in [6, 6.07) is 16.6. The number of carbonyl (C=O) groups is 1. The molecule has 2 unspecified atom stereocenters. The van der Waals surface area contributed by atoms with Gasteiger partial charge in [0, 0.05) is 11.3 Å². The van der Waals surface area contributed by atoms with Gasteiger partial charge in [-0.15, -0.1) is 0 Å². The fraction of sp³-hybridized carbons (Fsp3) is 0.276. The van der Waals surface area contributed by atoms with E-state index in [1.165, 1.54) is 0 Å². The zero-order valence-electron chi connectivity index (χ0n) is 19.7. The van der Waals surface area contributed by atoms with E-state index in [9.17, 15) is 22.4 Å². The summed E-state index contributed by atoms with van der Waals surface area (Å²) in [4.78, 5) is 12.8. The van der Waals surface area contributed by atoms with Crippen LogP contribution in [0.1, 0.15) is 48.3 Å². The third-order valence-corrected chi connectivity index (χ3v) is 7.05. The van der Waals surface area contributed by atoms with Gasteiger partial charge in [-0.2, -0.15) is 13.2 Å². The van der Waals surface area contributed by atoms with Crippen molar-refractivity contribution in [1.82, 2.24) is 0 Å². The highest BCUT2D eigenvalue weighted by molar-refractivity contribution is 5.92. The second kappa shape index (κ2) is 9.45. The SMILES string of the molecule is Cc1cc(-c2ccc(C3CCCC(C(=O)Nc4ccc(C(F)(F)F)cc4F)C3)cc2)cc2ccoc12. The maximum atomic E-state index is 14.2. The van der Waals surface area contributed by atoms with Crippen LogP contribution in [-0.2, 0) is 11.0 Å². The number of hydrogen-bond donors (Lipinski definition) is 1. The van der Waals surface area contributed by atoms with Crippen molar-refractivity contribution in [2.45, 2.75) is 44.7 Å². The number of anilines is 1. The van der Waals surface area contributed by atoms with Crippen molar-refractivity contribution in [3.05, 3.63) is 89.4 Å². The van der Waals surface area contributed by atoms with Crippen molar-refractivity contribution in [3.63, 3.8) is 0 Å². The fourth-order valence-corrected chi connectivity index (χ4v) is 5.13. The van der Waals surface area contributed by atoms with Gasteiger partial charge in [0.15, 0.2) is 0 Å². The zero-order chi connectivity index (χ0) is 25.4. The Labute approximate surface area is 206 Å². The number of aryl methyl sites for hydroxylation is 1. The highest BCUT2D eigenvalue weighted by atomic mass is 19.4. The average molecular weight is 496 g/mol. The molecule has 1 aliphatic carbocycles. The van der Waals surface area contributed by atoms with Crippen LogP contribution in [0, 0.1) is 18.7 Å². The smallest absolute Gasteiger partial charge is 0.416 e. The molecule has 3 aromatic carbocycles. The Morgan fingerprint density at radius 1 is 0.972 bits per heavy atom. The lowest BCUT2D eigenvalue weighted by Gasteiger charge is -2.29. The van der Waals surface area contributed by atoms with Crippen LogP contribution in [0.4, 0.5) is 23.2 Å². The van der Waals surface area contributed by atoms with Gasteiger partial charge in [-0.25, -0.2) is 4.39 Å². The predicted octanol–water partition coefficient (Wildman–Crippen LogP) is 8.48. The third-order valence-electron chi connectivity index (χ3n) is 7.05. The molecule has 1 aliphatic rings. The van der Waals surface area contributed by atoms with Crippen molar-refractivity contribution in [2.75, 3.05) is 5.32 Å². The molecular formula is C29H25F4NO2. The Balaban J connectivity index is 1.27. The first-order valence-electron chi connectivity index (χ1n) is 11.9. The Hall–Kier alpha value is -3.61. The van der Waals surface area contributed by atoms with E-state index in [0.717, 1.165) is 58.2 Å². The Morgan fingerprint density at radius 2 is 1.75 bits per heavy atom. The first kappa shape index (κ1) is 24.1. The third kappa shape index (κ3) is 4.87. The predicted molar refractivity (Wildman–Crippen MR) is 131 cm³/mol. The van der Waals surface area contributed by atoms with E-state index >= 15 is 0 Å². The minimum Gasteiger partial charge on any atom is -0.464 e. The minimum absolute atomic E-state index is 0.180. The maximum Gasteiger partial charge on any atom is 0.416 e. The van der Waals surface area contributed by atoms with Crippen molar-refractivity contribution in [1.29, 1.82) is 0 Å². The Morgan fingerprint density at radius 3 is 2.47 bits per heavy atom. The molecule has 5 rings (SSSR count). The molecule has 1 fully saturated rings. The second-order valence-corrected chi connectivity index (χ2v) is 9.50. The second-order valence-electron chi connectivity index (χ2n) is 9.50. The van der Waals surface area contributed by atoms with Gasteiger partial charge in [-0.3, -0.25) is 4.79 Å². The van der Waals surface area contributed by atoms with Gasteiger partial charge in [0.05, 0.1) is 17.5 Å². The molecule has 1 aromatic heterocycles. The zero-order valence-corrected chi connectivity index (χ0v) is 19.7. The summed E-state index contributed by atoms with van der Waals surface area (Å²) in [5.74, 6) is -1.61. The number of rotatable bonds is 4. The van der Waals surface area contributed by atoms with Crippen molar-refractivity contribution >= 4 is 22.6 Å². The molecule has 36 heavy (non-hydrogen) atoms. The van der Waals surface area contributed by atoms with Gasteiger partial charge in [0.1, 0.15) is 11.4 Å². The molecule has 0 saturated heterocycles. The fourth-order valence-electron chi connectivity index (χ4n) is 5.13. The first-order chi connectivity index (χ1) is 17.2. The lowest BCUT2D eigenvalue weighted by molar-refractivity contribution is -0.137. The lowest BCUT2D eigenvalue weighted by Crippen LogP contribution is -2.28. The molecule has 0 bridgehead atoms. The van der Waals surface area contributed by atoms with Gasteiger partial charge >= 0.3 is 6.18 Å².